The van der Waals surface area contributed by atoms with Crippen LogP contribution in [0, 0.1) is 0 Å². The number of rotatable bonds is 10. The predicted molar refractivity (Wildman–Crippen MR) is 125 cm³/mol. The zero-order valence-electron chi connectivity index (χ0n) is 18.8. The first-order valence-electron chi connectivity index (χ1n) is 10.6. The van der Waals surface area contributed by atoms with Gasteiger partial charge in [-0.3, -0.25) is 14.4 Å². The first kappa shape index (κ1) is 25.0. The molecule has 1 heterocycles. The maximum atomic E-state index is 12.6. The molecule has 0 bridgehead atoms. The quantitative estimate of drug-likeness (QED) is 0.423. The van der Waals surface area contributed by atoms with E-state index in [2.05, 4.69) is 15.6 Å². The predicted octanol–water partition coefficient (Wildman–Crippen LogP) is 1.39. The number of hydrogen-bond donors (Lipinski definition) is 1. The Bertz CT molecular complexity index is 1350. The van der Waals surface area contributed by atoms with E-state index in [0.717, 1.165) is 4.68 Å². The number of hydrogen-bond acceptors (Lipinski definition) is 8. The molecule has 1 aromatic heterocycles. The first-order chi connectivity index (χ1) is 16.3. The van der Waals surface area contributed by atoms with E-state index in [-0.39, 0.29) is 29.1 Å². The van der Waals surface area contributed by atoms with E-state index < -0.39 is 28.5 Å². The number of nitrogens with one attached hydrogen (secondary N) is 1. The number of carbonyl (C=O) groups excluding carboxylic acids is 2. The molecule has 3 rings (SSSR count). The normalized spacial score (nSPS) is 11.5. The topological polar surface area (TPSA) is 141 Å². The second kappa shape index (κ2) is 11.0. The molecule has 0 aliphatic carbocycles. The lowest BCUT2D eigenvalue weighted by atomic mass is 10.2. The van der Waals surface area contributed by atoms with Crippen LogP contribution >= 0.6 is 0 Å². The van der Waals surface area contributed by atoms with E-state index in [0.29, 0.717) is 24.0 Å². The van der Waals surface area contributed by atoms with Crippen molar-refractivity contribution in [3.8, 4) is 0 Å². The molecule has 180 valence electrons. The number of carbonyl (C=O) groups is 2. The maximum Gasteiger partial charge on any atom is 0.308 e. The Labute approximate surface area is 196 Å². The number of benzene rings is 2. The highest BCUT2D eigenvalue weighted by atomic mass is 32.2. The second-order valence-corrected chi connectivity index (χ2v) is 9.15. The Morgan fingerprint density at radius 1 is 1.09 bits per heavy atom. The second-order valence-electron chi connectivity index (χ2n) is 7.21. The summed E-state index contributed by atoms with van der Waals surface area (Å²) >= 11 is 0. The number of aromatic nitrogens is 3. The van der Waals surface area contributed by atoms with Crippen LogP contribution in [0.3, 0.4) is 0 Å². The van der Waals surface area contributed by atoms with E-state index >= 15 is 0 Å². The molecule has 3 aromatic rings. The van der Waals surface area contributed by atoms with Gasteiger partial charge in [0.1, 0.15) is 5.52 Å². The highest BCUT2D eigenvalue weighted by Crippen LogP contribution is 2.19. The van der Waals surface area contributed by atoms with Crippen LogP contribution in [0.1, 0.15) is 20.3 Å². The molecule has 11 nitrogen and oxygen atoms in total. The molecular weight excluding hydrogens is 462 g/mol. The third kappa shape index (κ3) is 5.83. The van der Waals surface area contributed by atoms with Gasteiger partial charge in [-0.1, -0.05) is 37.3 Å². The van der Waals surface area contributed by atoms with Gasteiger partial charge in [0, 0.05) is 18.8 Å². The van der Waals surface area contributed by atoms with E-state index in [1.807, 2.05) is 0 Å². The summed E-state index contributed by atoms with van der Waals surface area (Å²) in [5.41, 5.74) is 0.333. The van der Waals surface area contributed by atoms with Crippen molar-refractivity contribution in [3.63, 3.8) is 0 Å². The zero-order chi connectivity index (χ0) is 24.7. The van der Waals surface area contributed by atoms with Crippen molar-refractivity contribution in [2.75, 3.05) is 25.0 Å². The number of nitrogens with zero attached hydrogens (tertiary/aromatic N) is 4. The lowest BCUT2D eigenvalue weighted by Gasteiger charge is -2.18. The van der Waals surface area contributed by atoms with Crippen LogP contribution < -0.4 is 10.9 Å². The van der Waals surface area contributed by atoms with Crippen LogP contribution in [0.25, 0.3) is 10.9 Å². The van der Waals surface area contributed by atoms with Gasteiger partial charge in [0.05, 0.1) is 23.2 Å². The number of ether oxygens (including phenoxy) is 1. The standard InChI is InChI=1S/C22H25N5O6S/c1-3-26(4-2)34(31,32)17-9-7-8-16(14-17)23-20(28)15-33-21(29)12-13-27-22(30)18-10-5-6-11-19(18)24-25-27/h5-11,14H,3-4,12-13,15H2,1-2H3,(H,23,28). The Morgan fingerprint density at radius 2 is 1.82 bits per heavy atom. The van der Waals surface area contributed by atoms with Crippen LogP contribution in [-0.2, 0) is 30.9 Å². The Balaban J connectivity index is 1.54. The van der Waals surface area contributed by atoms with Gasteiger partial charge in [0.25, 0.3) is 11.5 Å². The largest absolute Gasteiger partial charge is 0.456 e. The minimum Gasteiger partial charge on any atom is -0.456 e. The molecule has 1 amide bonds. The summed E-state index contributed by atoms with van der Waals surface area (Å²) in [6.45, 7) is 3.51. The van der Waals surface area contributed by atoms with E-state index in [4.69, 9.17) is 4.74 Å². The monoisotopic (exact) mass is 487 g/mol. The van der Waals surface area contributed by atoms with Crippen LogP contribution in [0.5, 0.6) is 0 Å². The fraction of sp³-hybridized carbons (Fsp3) is 0.318. The lowest BCUT2D eigenvalue weighted by Crippen LogP contribution is -2.30. The molecule has 0 atom stereocenters. The van der Waals surface area contributed by atoms with Gasteiger partial charge in [-0.05, 0) is 30.3 Å². The summed E-state index contributed by atoms with van der Waals surface area (Å²) < 4.78 is 32.6. The highest BCUT2D eigenvalue weighted by molar-refractivity contribution is 7.89. The van der Waals surface area contributed by atoms with Gasteiger partial charge in [-0.15, -0.1) is 5.10 Å². The molecule has 0 aliphatic heterocycles. The van der Waals surface area contributed by atoms with Crippen molar-refractivity contribution in [2.45, 2.75) is 31.7 Å². The first-order valence-corrected chi connectivity index (χ1v) is 12.1. The maximum absolute atomic E-state index is 12.6. The van der Waals surface area contributed by atoms with Gasteiger partial charge < -0.3 is 10.1 Å². The van der Waals surface area contributed by atoms with E-state index in [9.17, 15) is 22.8 Å². The average Bonchev–Trinajstić information content (AvgIpc) is 2.83. The molecule has 2 aromatic carbocycles. The number of aryl methyl sites for hydroxylation is 1. The molecule has 34 heavy (non-hydrogen) atoms. The van der Waals surface area contributed by atoms with Gasteiger partial charge in [-0.25, -0.2) is 13.1 Å². The van der Waals surface area contributed by atoms with Crippen molar-refractivity contribution in [1.29, 1.82) is 0 Å². The number of sulfonamides is 1. The molecule has 0 radical (unpaired) electrons. The minimum absolute atomic E-state index is 0.0490. The van der Waals surface area contributed by atoms with Crippen molar-refractivity contribution in [1.82, 2.24) is 19.3 Å². The molecule has 12 heteroatoms. The minimum atomic E-state index is -3.68. The third-order valence-corrected chi connectivity index (χ3v) is 7.03. The van der Waals surface area contributed by atoms with Crippen LogP contribution in [0.2, 0.25) is 0 Å². The number of esters is 1. The van der Waals surface area contributed by atoms with Crippen molar-refractivity contribution >= 4 is 38.5 Å². The van der Waals surface area contributed by atoms with E-state index in [1.165, 1.54) is 28.6 Å². The Morgan fingerprint density at radius 3 is 2.56 bits per heavy atom. The van der Waals surface area contributed by atoms with Gasteiger partial charge in [-0.2, -0.15) is 4.31 Å². The molecule has 0 aliphatic rings. The molecular formula is C22H25N5O6S. The van der Waals surface area contributed by atoms with Gasteiger partial charge in [0.2, 0.25) is 10.0 Å². The van der Waals surface area contributed by atoms with Crippen molar-refractivity contribution in [2.24, 2.45) is 0 Å². The van der Waals surface area contributed by atoms with Crippen LogP contribution in [0.4, 0.5) is 5.69 Å². The highest BCUT2D eigenvalue weighted by Gasteiger charge is 2.22. The number of fused-ring (bicyclic) bond motifs is 1. The fourth-order valence-corrected chi connectivity index (χ4v) is 4.73. The summed E-state index contributed by atoms with van der Waals surface area (Å²) in [6, 6.07) is 12.6. The van der Waals surface area contributed by atoms with Crippen LogP contribution in [0.15, 0.2) is 58.2 Å². The molecule has 0 saturated carbocycles. The lowest BCUT2D eigenvalue weighted by molar-refractivity contribution is -0.147. The molecule has 0 fully saturated rings. The summed E-state index contributed by atoms with van der Waals surface area (Å²) in [5, 5.41) is 10.6. The summed E-state index contributed by atoms with van der Waals surface area (Å²) in [7, 11) is -3.68. The van der Waals surface area contributed by atoms with Gasteiger partial charge in [0.15, 0.2) is 6.61 Å². The molecule has 0 spiro atoms. The summed E-state index contributed by atoms with van der Waals surface area (Å²) in [6.07, 6.45) is -0.183. The van der Waals surface area contributed by atoms with Crippen molar-refractivity contribution in [3.05, 3.63) is 58.9 Å². The van der Waals surface area contributed by atoms with E-state index in [1.54, 1.807) is 38.1 Å². The van der Waals surface area contributed by atoms with Gasteiger partial charge >= 0.3 is 5.97 Å². The van der Waals surface area contributed by atoms with Crippen molar-refractivity contribution < 1.29 is 22.7 Å². The molecule has 0 saturated heterocycles. The fourth-order valence-electron chi connectivity index (χ4n) is 3.23. The average molecular weight is 488 g/mol. The smallest absolute Gasteiger partial charge is 0.308 e. The third-order valence-electron chi connectivity index (χ3n) is 4.98. The summed E-state index contributed by atoms with van der Waals surface area (Å²) in [4.78, 5) is 36.6. The Kier molecular flexibility index (Phi) is 8.08. The summed E-state index contributed by atoms with van der Waals surface area (Å²) in [5.74, 6) is -1.33. The zero-order valence-corrected chi connectivity index (χ0v) is 19.6. The van der Waals surface area contributed by atoms with Crippen LogP contribution in [-0.4, -0.2) is 59.3 Å². The number of anilines is 1. The molecule has 1 N–H and O–H groups in total. The number of amides is 1. The molecule has 0 unspecified atom stereocenters. The Hall–Kier alpha value is -3.64. The SMILES string of the molecule is CCN(CC)S(=O)(=O)c1cccc(NC(=O)COC(=O)CCn2nnc3ccccc3c2=O)c1.